The third-order valence-corrected chi connectivity index (χ3v) is 8.13. The third kappa shape index (κ3) is 4.22. The molecule has 3 aromatic carbocycles. The molecule has 2 N–H and O–H groups in total. The standard InChI is InChI=1S/C27H28N2O3S/c1-19-13-17-22(18-14-19)33(31,32)28-23-9-6-12-26(27(23)30)29-24-10-4-2-7-20(24)15-16-21-8-3-5-11-25(21)29/h2-5,7-8,10-11,13-18,23,26-28,30H,6,9,12H2,1H3/t23-,26+,27+/m0/s1. The Labute approximate surface area is 195 Å². The van der Waals surface area contributed by atoms with E-state index < -0.39 is 22.2 Å². The van der Waals surface area contributed by atoms with E-state index in [0.29, 0.717) is 6.42 Å². The molecule has 0 radical (unpaired) electrons. The number of aliphatic hydroxyl groups is 1. The van der Waals surface area contributed by atoms with Crippen molar-refractivity contribution in [2.75, 3.05) is 4.90 Å². The SMILES string of the molecule is Cc1ccc(S(=O)(=O)N[C@H]2CCC[C@@H](N3c4ccccc4C=Cc4ccccc43)[C@@H]2O)cc1. The van der Waals surface area contributed by atoms with Crippen molar-refractivity contribution < 1.29 is 13.5 Å². The molecule has 0 saturated heterocycles. The van der Waals surface area contributed by atoms with E-state index in [1.54, 1.807) is 24.3 Å². The number of para-hydroxylation sites is 2. The highest BCUT2D eigenvalue weighted by molar-refractivity contribution is 7.89. The van der Waals surface area contributed by atoms with Gasteiger partial charge in [-0.05, 0) is 61.6 Å². The number of aliphatic hydroxyl groups excluding tert-OH is 1. The van der Waals surface area contributed by atoms with Gasteiger partial charge in [0.25, 0.3) is 0 Å². The number of nitrogens with zero attached hydrogens (tertiary/aromatic N) is 1. The molecular weight excluding hydrogens is 432 g/mol. The molecule has 1 fully saturated rings. The quantitative estimate of drug-likeness (QED) is 0.582. The molecule has 0 unspecified atom stereocenters. The Morgan fingerprint density at radius 3 is 2.03 bits per heavy atom. The minimum absolute atomic E-state index is 0.220. The zero-order chi connectivity index (χ0) is 23.0. The zero-order valence-corrected chi connectivity index (χ0v) is 19.4. The van der Waals surface area contributed by atoms with Crippen LogP contribution in [0.3, 0.4) is 0 Å². The van der Waals surface area contributed by atoms with Crippen molar-refractivity contribution in [2.45, 2.75) is 49.3 Å². The van der Waals surface area contributed by atoms with Crippen molar-refractivity contribution in [2.24, 2.45) is 0 Å². The summed E-state index contributed by atoms with van der Waals surface area (Å²) in [4.78, 5) is 2.42. The maximum atomic E-state index is 13.0. The van der Waals surface area contributed by atoms with Crippen LogP contribution in [0.1, 0.15) is 36.0 Å². The second-order valence-electron chi connectivity index (χ2n) is 8.85. The smallest absolute Gasteiger partial charge is 0.240 e. The van der Waals surface area contributed by atoms with Gasteiger partial charge in [-0.3, -0.25) is 0 Å². The maximum Gasteiger partial charge on any atom is 0.240 e. The first-order valence-corrected chi connectivity index (χ1v) is 12.8. The summed E-state index contributed by atoms with van der Waals surface area (Å²) in [6.07, 6.45) is 5.52. The Kier molecular flexibility index (Phi) is 5.83. The summed E-state index contributed by atoms with van der Waals surface area (Å²) in [5.41, 5.74) is 5.18. The molecule has 5 rings (SSSR count). The summed E-state index contributed by atoms with van der Waals surface area (Å²) >= 11 is 0. The summed E-state index contributed by atoms with van der Waals surface area (Å²) < 4.78 is 28.9. The molecule has 3 aromatic rings. The van der Waals surface area contributed by atoms with Crippen LogP contribution in [0, 0.1) is 6.92 Å². The second-order valence-corrected chi connectivity index (χ2v) is 10.6. The molecule has 0 aromatic heterocycles. The van der Waals surface area contributed by atoms with E-state index in [0.717, 1.165) is 40.9 Å². The van der Waals surface area contributed by atoms with Crippen molar-refractivity contribution in [3.8, 4) is 0 Å². The van der Waals surface area contributed by atoms with Gasteiger partial charge in [0.1, 0.15) is 0 Å². The predicted octanol–water partition coefficient (Wildman–Crippen LogP) is 4.88. The van der Waals surface area contributed by atoms with Crippen molar-refractivity contribution in [1.29, 1.82) is 0 Å². The molecule has 5 nitrogen and oxygen atoms in total. The van der Waals surface area contributed by atoms with Crippen LogP contribution in [-0.4, -0.2) is 31.7 Å². The summed E-state index contributed by atoms with van der Waals surface area (Å²) in [6.45, 7) is 1.92. The van der Waals surface area contributed by atoms with Crippen molar-refractivity contribution in [1.82, 2.24) is 4.72 Å². The number of sulfonamides is 1. The summed E-state index contributed by atoms with van der Waals surface area (Å²) in [5, 5.41) is 11.5. The lowest BCUT2D eigenvalue weighted by Crippen LogP contribution is -2.55. The van der Waals surface area contributed by atoms with Crippen LogP contribution in [0.25, 0.3) is 12.2 Å². The zero-order valence-electron chi connectivity index (χ0n) is 18.6. The predicted molar refractivity (Wildman–Crippen MR) is 133 cm³/mol. The van der Waals surface area contributed by atoms with Gasteiger partial charge in [0.2, 0.25) is 10.0 Å². The first-order valence-electron chi connectivity index (χ1n) is 11.4. The Morgan fingerprint density at radius 2 is 1.42 bits per heavy atom. The van der Waals surface area contributed by atoms with Crippen molar-refractivity contribution in [3.05, 3.63) is 89.5 Å². The van der Waals surface area contributed by atoms with Gasteiger partial charge in [-0.1, -0.05) is 66.2 Å². The van der Waals surface area contributed by atoms with E-state index in [-0.39, 0.29) is 10.9 Å². The van der Waals surface area contributed by atoms with Crippen LogP contribution in [-0.2, 0) is 10.0 Å². The number of fused-ring (bicyclic) bond motifs is 2. The van der Waals surface area contributed by atoms with Gasteiger partial charge in [0.15, 0.2) is 0 Å². The lowest BCUT2D eigenvalue weighted by Gasteiger charge is -2.43. The molecule has 2 aliphatic rings. The van der Waals surface area contributed by atoms with Crippen LogP contribution in [0.15, 0.2) is 77.7 Å². The number of nitrogens with one attached hydrogen (secondary N) is 1. The van der Waals surface area contributed by atoms with Gasteiger partial charge in [0, 0.05) is 11.4 Å². The highest BCUT2D eigenvalue weighted by Gasteiger charge is 2.39. The van der Waals surface area contributed by atoms with Crippen LogP contribution in [0.5, 0.6) is 0 Å². The Bertz CT molecular complexity index is 1240. The van der Waals surface area contributed by atoms with Crippen molar-refractivity contribution >= 4 is 33.6 Å². The molecular formula is C27H28N2O3S. The van der Waals surface area contributed by atoms with Gasteiger partial charge in [-0.15, -0.1) is 0 Å². The van der Waals surface area contributed by atoms with E-state index in [4.69, 9.17) is 0 Å². The maximum absolute atomic E-state index is 13.0. The Hall–Kier alpha value is -2.93. The molecule has 3 atom stereocenters. The second kappa shape index (κ2) is 8.78. The number of hydrogen-bond donors (Lipinski definition) is 2. The number of anilines is 2. The fraction of sp³-hybridized carbons (Fsp3) is 0.259. The van der Waals surface area contributed by atoms with Gasteiger partial charge in [-0.25, -0.2) is 13.1 Å². The lowest BCUT2D eigenvalue weighted by molar-refractivity contribution is 0.0812. The van der Waals surface area contributed by atoms with Gasteiger partial charge in [-0.2, -0.15) is 0 Å². The molecule has 1 aliphatic heterocycles. The molecule has 1 heterocycles. The highest BCUT2D eigenvalue weighted by atomic mass is 32.2. The van der Waals surface area contributed by atoms with E-state index in [1.165, 1.54) is 0 Å². The summed E-state index contributed by atoms with van der Waals surface area (Å²) in [7, 11) is -3.73. The number of rotatable bonds is 4. The topological polar surface area (TPSA) is 69.6 Å². The average molecular weight is 461 g/mol. The molecule has 0 spiro atoms. The molecule has 6 heteroatoms. The summed E-state index contributed by atoms with van der Waals surface area (Å²) in [6, 6.07) is 22.2. The Morgan fingerprint density at radius 1 is 0.848 bits per heavy atom. The largest absolute Gasteiger partial charge is 0.389 e. The van der Waals surface area contributed by atoms with Gasteiger partial charge < -0.3 is 10.0 Å². The molecule has 33 heavy (non-hydrogen) atoms. The molecule has 0 amide bonds. The van der Waals surface area contributed by atoms with E-state index >= 15 is 0 Å². The third-order valence-electron chi connectivity index (χ3n) is 6.63. The molecule has 0 bridgehead atoms. The lowest BCUT2D eigenvalue weighted by atomic mass is 9.86. The van der Waals surface area contributed by atoms with Crippen LogP contribution < -0.4 is 9.62 Å². The number of benzene rings is 3. The molecule has 170 valence electrons. The summed E-state index contributed by atoms with van der Waals surface area (Å²) in [5.74, 6) is 0. The average Bonchev–Trinajstić information content (AvgIpc) is 2.98. The van der Waals surface area contributed by atoms with Crippen LogP contribution in [0.2, 0.25) is 0 Å². The minimum atomic E-state index is -3.73. The fourth-order valence-electron chi connectivity index (χ4n) is 4.91. The minimum Gasteiger partial charge on any atom is -0.389 e. The fourth-order valence-corrected chi connectivity index (χ4v) is 6.20. The van der Waals surface area contributed by atoms with E-state index in [2.05, 4.69) is 46.0 Å². The number of aryl methyl sites for hydroxylation is 1. The highest BCUT2D eigenvalue weighted by Crippen LogP contribution is 2.41. The first kappa shape index (κ1) is 21.9. The normalized spacial score (nSPS) is 22.4. The van der Waals surface area contributed by atoms with Crippen molar-refractivity contribution in [3.63, 3.8) is 0 Å². The number of hydrogen-bond acceptors (Lipinski definition) is 4. The van der Waals surface area contributed by atoms with E-state index in [1.807, 2.05) is 31.2 Å². The monoisotopic (exact) mass is 460 g/mol. The first-order chi connectivity index (χ1) is 15.9. The Balaban J connectivity index is 1.49. The molecule has 1 aliphatic carbocycles. The van der Waals surface area contributed by atoms with Gasteiger partial charge in [0.05, 0.1) is 23.1 Å². The van der Waals surface area contributed by atoms with Crippen LogP contribution in [0.4, 0.5) is 11.4 Å². The molecule has 1 saturated carbocycles. The van der Waals surface area contributed by atoms with E-state index in [9.17, 15) is 13.5 Å². The van der Waals surface area contributed by atoms with Gasteiger partial charge >= 0.3 is 0 Å². The van der Waals surface area contributed by atoms with Crippen LogP contribution >= 0.6 is 0 Å².